The molecule has 0 saturated carbocycles. The summed E-state index contributed by atoms with van der Waals surface area (Å²) in [6, 6.07) is 3.71. The number of thiophene rings is 1. The van der Waals surface area contributed by atoms with E-state index in [9.17, 15) is 9.59 Å². The van der Waals surface area contributed by atoms with Crippen molar-refractivity contribution in [3.05, 3.63) is 17.5 Å². The molecule has 0 spiro atoms. The van der Waals surface area contributed by atoms with Gasteiger partial charge in [0.15, 0.2) is 0 Å². The molecule has 1 N–H and O–H groups in total. The number of carbonyl (C=O) groups excluding carboxylic acids is 2. The van der Waals surface area contributed by atoms with Crippen molar-refractivity contribution in [1.82, 2.24) is 14.7 Å². The largest absolute Gasteiger partial charge is 0.340 e. The van der Waals surface area contributed by atoms with Crippen molar-refractivity contribution in [1.29, 1.82) is 0 Å². The van der Waals surface area contributed by atoms with Crippen molar-refractivity contribution in [3.63, 3.8) is 0 Å². The average Bonchev–Trinajstić information content (AvgIpc) is 3.08. The lowest BCUT2D eigenvalue weighted by atomic mass is 9.96. The zero-order valence-corrected chi connectivity index (χ0v) is 14.3. The maximum absolute atomic E-state index is 12.7. The second kappa shape index (κ2) is 7.31. The van der Waals surface area contributed by atoms with Crippen molar-refractivity contribution in [2.45, 2.75) is 12.8 Å². The minimum Gasteiger partial charge on any atom is -0.340 e. The zero-order chi connectivity index (χ0) is 16.2. The maximum Gasteiger partial charge on any atom is 0.322 e. The Kier molecular flexibility index (Phi) is 5.17. The SMILES string of the molecule is CN1CCN(C(=O)C2CCCN(C(=O)Nc3cccs3)C2)CC1. The summed E-state index contributed by atoms with van der Waals surface area (Å²) < 4.78 is 0. The first-order valence-corrected chi connectivity index (χ1v) is 9.08. The molecular weight excluding hydrogens is 312 g/mol. The Morgan fingerprint density at radius 1 is 1.17 bits per heavy atom. The molecule has 2 aliphatic heterocycles. The number of hydrogen-bond donors (Lipinski definition) is 1. The number of nitrogens with zero attached hydrogens (tertiary/aromatic N) is 3. The second-order valence-electron chi connectivity index (χ2n) is 6.32. The third-order valence-electron chi connectivity index (χ3n) is 4.62. The number of piperazine rings is 1. The molecule has 3 amide bonds. The molecule has 0 bridgehead atoms. The van der Waals surface area contributed by atoms with Gasteiger partial charge in [-0.25, -0.2) is 4.79 Å². The number of piperidine rings is 1. The number of rotatable bonds is 2. The molecular formula is C16H24N4O2S. The van der Waals surface area contributed by atoms with E-state index in [2.05, 4.69) is 17.3 Å². The molecule has 0 radical (unpaired) electrons. The van der Waals surface area contributed by atoms with Gasteiger partial charge < -0.3 is 14.7 Å². The first-order valence-electron chi connectivity index (χ1n) is 8.20. The van der Waals surface area contributed by atoms with Crippen LogP contribution in [-0.2, 0) is 4.79 Å². The number of likely N-dealkylation sites (N-methyl/N-ethyl adjacent to an activating group) is 1. The lowest BCUT2D eigenvalue weighted by Crippen LogP contribution is -2.52. The van der Waals surface area contributed by atoms with Crippen molar-refractivity contribution in [3.8, 4) is 0 Å². The van der Waals surface area contributed by atoms with Gasteiger partial charge in [-0.3, -0.25) is 10.1 Å². The molecule has 1 aromatic heterocycles. The van der Waals surface area contributed by atoms with Crippen molar-refractivity contribution in [2.75, 3.05) is 51.6 Å². The first-order chi connectivity index (χ1) is 11.1. The van der Waals surface area contributed by atoms with E-state index in [0.29, 0.717) is 6.54 Å². The van der Waals surface area contributed by atoms with Crippen LogP contribution < -0.4 is 5.32 Å². The van der Waals surface area contributed by atoms with Crippen LogP contribution in [0.5, 0.6) is 0 Å². The molecule has 7 heteroatoms. The highest BCUT2D eigenvalue weighted by Gasteiger charge is 2.32. The minimum atomic E-state index is -0.0941. The number of amides is 3. The van der Waals surface area contributed by atoms with Gasteiger partial charge in [0.1, 0.15) is 0 Å². The third kappa shape index (κ3) is 4.03. The van der Waals surface area contributed by atoms with Crippen LogP contribution in [0.3, 0.4) is 0 Å². The fourth-order valence-electron chi connectivity index (χ4n) is 3.18. The lowest BCUT2D eigenvalue weighted by molar-refractivity contribution is -0.138. The molecule has 6 nitrogen and oxygen atoms in total. The number of hydrogen-bond acceptors (Lipinski definition) is 4. The van der Waals surface area contributed by atoms with E-state index >= 15 is 0 Å². The minimum absolute atomic E-state index is 0.0544. The van der Waals surface area contributed by atoms with Gasteiger partial charge in [0.2, 0.25) is 5.91 Å². The van der Waals surface area contributed by atoms with Crippen molar-refractivity contribution < 1.29 is 9.59 Å². The quantitative estimate of drug-likeness (QED) is 0.895. The molecule has 3 heterocycles. The van der Waals surface area contributed by atoms with Gasteiger partial charge in [-0.1, -0.05) is 0 Å². The van der Waals surface area contributed by atoms with Crippen LogP contribution in [-0.4, -0.2) is 73.0 Å². The fourth-order valence-corrected chi connectivity index (χ4v) is 3.79. The molecule has 2 aliphatic rings. The predicted octanol–water partition coefficient (Wildman–Crippen LogP) is 1.77. The van der Waals surface area contributed by atoms with E-state index in [-0.39, 0.29) is 17.9 Å². The number of likely N-dealkylation sites (tertiary alicyclic amines) is 1. The Balaban J connectivity index is 1.55. The summed E-state index contributed by atoms with van der Waals surface area (Å²) in [5.41, 5.74) is 0. The van der Waals surface area contributed by atoms with Crippen LogP contribution in [0.15, 0.2) is 17.5 Å². The van der Waals surface area contributed by atoms with Gasteiger partial charge >= 0.3 is 6.03 Å². The summed E-state index contributed by atoms with van der Waals surface area (Å²) in [4.78, 5) is 31.0. The lowest BCUT2D eigenvalue weighted by Gasteiger charge is -2.38. The monoisotopic (exact) mass is 336 g/mol. The maximum atomic E-state index is 12.7. The van der Waals surface area contributed by atoms with Gasteiger partial charge in [0.25, 0.3) is 0 Å². The highest BCUT2D eigenvalue weighted by atomic mass is 32.1. The molecule has 1 aromatic rings. The molecule has 0 aromatic carbocycles. The molecule has 1 unspecified atom stereocenters. The van der Waals surface area contributed by atoms with Crippen molar-refractivity contribution in [2.24, 2.45) is 5.92 Å². The van der Waals surface area contributed by atoms with Crippen LogP contribution in [0.4, 0.5) is 9.80 Å². The Bertz CT molecular complexity index is 540. The third-order valence-corrected chi connectivity index (χ3v) is 5.41. The zero-order valence-electron chi connectivity index (χ0n) is 13.5. The van der Waals surface area contributed by atoms with Crippen LogP contribution in [0, 0.1) is 5.92 Å². The molecule has 126 valence electrons. The summed E-state index contributed by atoms with van der Waals surface area (Å²) in [6.07, 6.45) is 1.77. The smallest absolute Gasteiger partial charge is 0.322 e. The van der Waals surface area contributed by atoms with Gasteiger partial charge in [-0.05, 0) is 37.4 Å². The second-order valence-corrected chi connectivity index (χ2v) is 7.27. The van der Waals surface area contributed by atoms with E-state index in [1.807, 2.05) is 22.4 Å². The van der Waals surface area contributed by atoms with Crippen LogP contribution >= 0.6 is 11.3 Å². The number of urea groups is 1. The summed E-state index contributed by atoms with van der Waals surface area (Å²) in [5.74, 6) is 0.160. The Morgan fingerprint density at radius 2 is 1.96 bits per heavy atom. The van der Waals surface area contributed by atoms with Gasteiger partial charge in [-0.15, -0.1) is 11.3 Å². The van der Waals surface area contributed by atoms with Gasteiger partial charge in [-0.2, -0.15) is 0 Å². The Labute approximate surface area is 141 Å². The van der Waals surface area contributed by atoms with E-state index in [0.717, 1.165) is 50.6 Å². The van der Waals surface area contributed by atoms with E-state index in [4.69, 9.17) is 0 Å². The van der Waals surface area contributed by atoms with E-state index < -0.39 is 0 Å². The summed E-state index contributed by atoms with van der Waals surface area (Å²) in [5, 5.41) is 5.70. The Morgan fingerprint density at radius 3 is 2.65 bits per heavy atom. The molecule has 2 saturated heterocycles. The topological polar surface area (TPSA) is 55.9 Å². The van der Waals surface area contributed by atoms with E-state index in [1.165, 1.54) is 11.3 Å². The van der Waals surface area contributed by atoms with Crippen LogP contribution in [0.1, 0.15) is 12.8 Å². The Hall–Kier alpha value is -1.60. The predicted molar refractivity (Wildman–Crippen MR) is 91.7 cm³/mol. The highest BCUT2D eigenvalue weighted by Crippen LogP contribution is 2.22. The van der Waals surface area contributed by atoms with Gasteiger partial charge in [0.05, 0.1) is 10.9 Å². The highest BCUT2D eigenvalue weighted by molar-refractivity contribution is 7.14. The summed E-state index contributed by atoms with van der Waals surface area (Å²) in [7, 11) is 2.08. The normalized spacial score (nSPS) is 22.9. The number of nitrogens with one attached hydrogen (secondary N) is 1. The van der Waals surface area contributed by atoms with Crippen molar-refractivity contribution >= 4 is 28.3 Å². The molecule has 23 heavy (non-hydrogen) atoms. The molecule has 2 fully saturated rings. The number of anilines is 1. The first kappa shape index (κ1) is 16.3. The molecule has 3 rings (SSSR count). The standard InChI is InChI=1S/C16H24N4O2S/c1-18-7-9-19(10-8-18)15(21)13-4-2-6-20(12-13)16(22)17-14-5-3-11-23-14/h3,5,11,13H,2,4,6-10,12H2,1H3,(H,17,22). The fraction of sp³-hybridized carbons (Fsp3) is 0.625. The summed E-state index contributed by atoms with van der Waals surface area (Å²) in [6.45, 7) is 4.72. The van der Waals surface area contributed by atoms with Crippen LogP contribution in [0.2, 0.25) is 0 Å². The van der Waals surface area contributed by atoms with E-state index in [1.54, 1.807) is 4.90 Å². The van der Waals surface area contributed by atoms with Crippen LogP contribution in [0.25, 0.3) is 0 Å². The molecule has 1 atom stereocenters. The number of carbonyl (C=O) groups is 2. The molecule has 0 aliphatic carbocycles. The van der Waals surface area contributed by atoms with Gasteiger partial charge in [0, 0.05) is 39.3 Å². The summed E-state index contributed by atoms with van der Waals surface area (Å²) >= 11 is 1.51. The average molecular weight is 336 g/mol.